The van der Waals surface area contributed by atoms with Crippen LogP contribution in [0.3, 0.4) is 0 Å². The number of amides is 1. The molecule has 0 aliphatic heterocycles. The third kappa shape index (κ3) is 4.50. The third-order valence-electron chi connectivity index (χ3n) is 3.90. The molecule has 2 rings (SSSR count). The van der Waals surface area contributed by atoms with E-state index >= 15 is 0 Å². The molecule has 0 radical (unpaired) electrons. The fourth-order valence-electron chi connectivity index (χ4n) is 2.32. The van der Waals surface area contributed by atoms with E-state index in [9.17, 15) is 15.0 Å². The predicted molar refractivity (Wildman–Crippen MR) is 99.0 cm³/mol. The van der Waals surface area contributed by atoms with E-state index in [1.54, 1.807) is 19.9 Å². The summed E-state index contributed by atoms with van der Waals surface area (Å²) < 4.78 is 0. The van der Waals surface area contributed by atoms with Gasteiger partial charge in [-0.2, -0.15) is 5.10 Å². The van der Waals surface area contributed by atoms with Crippen LogP contribution in [0.2, 0.25) is 0 Å². The van der Waals surface area contributed by atoms with Crippen molar-refractivity contribution >= 4 is 17.3 Å². The molecule has 0 aliphatic rings. The fraction of sp³-hybridized carbons (Fsp3) is 0.263. The van der Waals surface area contributed by atoms with Crippen LogP contribution in [-0.4, -0.2) is 27.9 Å². The van der Waals surface area contributed by atoms with E-state index in [2.05, 4.69) is 15.8 Å². The van der Waals surface area contributed by atoms with E-state index in [-0.39, 0.29) is 17.4 Å². The van der Waals surface area contributed by atoms with Gasteiger partial charge in [-0.05, 0) is 44.5 Å². The first-order chi connectivity index (χ1) is 11.9. The van der Waals surface area contributed by atoms with E-state index in [1.807, 2.05) is 37.3 Å². The van der Waals surface area contributed by atoms with E-state index in [4.69, 9.17) is 0 Å². The van der Waals surface area contributed by atoms with Gasteiger partial charge in [-0.25, -0.2) is 5.43 Å². The number of hydrazone groups is 1. The van der Waals surface area contributed by atoms with Crippen LogP contribution in [0.25, 0.3) is 0 Å². The number of rotatable bonds is 6. The summed E-state index contributed by atoms with van der Waals surface area (Å²) in [6.45, 7) is 5.23. The Morgan fingerprint density at radius 2 is 1.84 bits per heavy atom. The number of nitrogens with one attached hydrogen (secondary N) is 2. The molecule has 0 heterocycles. The Hall–Kier alpha value is -3.02. The van der Waals surface area contributed by atoms with Crippen molar-refractivity contribution in [1.29, 1.82) is 0 Å². The molecule has 1 unspecified atom stereocenters. The predicted octanol–water partition coefficient (Wildman–Crippen LogP) is 3.14. The highest BCUT2D eigenvalue weighted by Crippen LogP contribution is 2.30. The van der Waals surface area contributed by atoms with Crippen molar-refractivity contribution in [2.75, 3.05) is 5.32 Å². The molecule has 25 heavy (non-hydrogen) atoms. The van der Waals surface area contributed by atoms with Gasteiger partial charge in [0.1, 0.15) is 17.5 Å². The van der Waals surface area contributed by atoms with Crippen LogP contribution in [0, 0.1) is 6.92 Å². The molecule has 6 heteroatoms. The van der Waals surface area contributed by atoms with Gasteiger partial charge >= 0.3 is 0 Å². The molecule has 0 aliphatic carbocycles. The van der Waals surface area contributed by atoms with Gasteiger partial charge in [-0.15, -0.1) is 0 Å². The van der Waals surface area contributed by atoms with Crippen LogP contribution in [0.15, 0.2) is 47.6 Å². The number of aromatic hydroxyl groups is 2. The minimum Gasteiger partial charge on any atom is -0.508 e. The summed E-state index contributed by atoms with van der Waals surface area (Å²) in [4.78, 5) is 12.2. The van der Waals surface area contributed by atoms with Crippen LogP contribution >= 0.6 is 0 Å². The second-order valence-electron chi connectivity index (χ2n) is 5.73. The first kappa shape index (κ1) is 18.3. The van der Waals surface area contributed by atoms with Crippen LogP contribution in [0.5, 0.6) is 11.5 Å². The number of hydrogen-bond acceptors (Lipinski definition) is 5. The largest absolute Gasteiger partial charge is 0.508 e. The lowest BCUT2D eigenvalue weighted by atomic mass is 10.0. The molecule has 1 atom stereocenters. The molecule has 0 spiro atoms. The number of anilines is 1. The third-order valence-corrected chi connectivity index (χ3v) is 3.90. The molecule has 0 saturated carbocycles. The Morgan fingerprint density at radius 1 is 1.16 bits per heavy atom. The number of carbonyl (C=O) groups is 1. The second-order valence-corrected chi connectivity index (χ2v) is 5.73. The van der Waals surface area contributed by atoms with E-state index in [0.29, 0.717) is 23.3 Å². The molecule has 6 nitrogen and oxygen atoms in total. The monoisotopic (exact) mass is 341 g/mol. The lowest BCUT2D eigenvalue weighted by Gasteiger charge is -2.14. The van der Waals surface area contributed by atoms with Crippen molar-refractivity contribution in [3.8, 4) is 11.5 Å². The highest BCUT2D eigenvalue weighted by molar-refractivity contribution is 6.03. The van der Waals surface area contributed by atoms with Gasteiger partial charge in [0, 0.05) is 16.8 Å². The SMILES string of the molecule is CC/C(=N\NC(=O)C(C)Nc1ccccc1)c1ccc(O)c(C)c1O. The fourth-order valence-corrected chi connectivity index (χ4v) is 2.32. The van der Waals surface area contributed by atoms with E-state index in [0.717, 1.165) is 5.69 Å². The van der Waals surface area contributed by atoms with Gasteiger partial charge in [0.25, 0.3) is 5.91 Å². The van der Waals surface area contributed by atoms with Crippen molar-refractivity contribution in [3.63, 3.8) is 0 Å². The van der Waals surface area contributed by atoms with Crippen molar-refractivity contribution in [2.45, 2.75) is 33.2 Å². The summed E-state index contributed by atoms with van der Waals surface area (Å²) in [6, 6.07) is 12.0. The van der Waals surface area contributed by atoms with Gasteiger partial charge in [0.15, 0.2) is 0 Å². The summed E-state index contributed by atoms with van der Waals surface area (Å²) in [7, 11) is 0. The highest BCUT2D eigenvalue weighted by atomic mass is 16.3. The van der Waals surface area contributed by atoms with Crippen LogP contribution in [-0.2, 0) is 4.79 Å². The zero-order chi connectivity index (χ0) is 18.4. The summed E-state index contributed by atoms with van der Waals surface area (Å²) in [5.41, 5.74) is 4.77. The molecular weight excluding hydrogens is 318 g/mol. The normalized spacial score (nSPS) is 12.5. The summed E-state index contributed by atoms with van der Waals surface area (Å²) >= 11 is 0. The Labute approximate surface area is 147 Å². The molecule has 0 aromatic heterocycles. The van der Waals surface area contributed by atoms with Gasteiger partial charge in [-0.1, -0.05) is 25.1 Å². The number of para-hydroxylation sites is 1. The molecule has 2 aromatic carbocycles. The lowest BCUT2D eigenvalue weighted by Crippen LogP contribution is -2.35. The van der Waals surface area contributed by atoms with Gasteiger partial charge < -0.3 is 15.5 Å². The number of hydrogen-bond donors (Lipinski definition) is 4. The molecule has 0 bridgehead atoms. The van der Waals surface area contributed by atoms with Crippen LogP contribution < -0.4 is 10.7 Å². The summed E-state index contributed by atoms with van der Waals surface area (Å²) in [5.74, 6) is -0.309. The van der Waals surface area contributed by atoms with Gasteiger partial charge in [0.05, 0.1) is 5.71 Å². The first-order valence-corrected chi connectivity index (χ1v) is 8.14. The number of carbonyl (C=O) groups excluding carboxylic acids is 1. The standard InChI is InChI=1S/C19H23N3O3/c1-4-16(15-10-11-17(23)12(2)18(15)24)21-22-19(25)13(3)20-14-8-6-5-7-9-14/h5-11,13,20,23-24H,4H2,1-3H3,(H,22,25)/b21-16+. The number of phenols is 2. The maximum atomic E-state index is 12.2. The molecule has 2 aromatic rings. The van der Waals surface area contributed by atoms with Crippen LogP contribution in [0.1, 0.15) is 31.4 Å². The Morgan fingerprint density at radius 3 is 2.48 bits per heavy atom. The zero-order valence-corrected chi connectivity index (χ0v) is 14.6. The molecular formula is C19H23N3O3. The number of nitrogens with zero attached hydrogens (tertiary/aromatic N) is 1. The Kier molecular flexibility index (Phi) is 6.00. The average molecular weight is 341 g/mol. The number of phenolic OH excluding ortho intramolecular Hbond substituents is 2. The minimum atomic E-state index is -0.473. The molecule has 132 valence electrons. The van der Waals surface area contributed by atoms with Gasteiger partial charge in [-0.3, -0.25) is 4.79 Å². The van der Waals surface area contributed by atoms with Gasteiger partial charge in [0.2, 0.25) is 0 Å². The van der Waals surface area contributed by atoms with Crippen molar-refractivity contribution in [1.82, 2.24) is 5.43 Å². The topological polar surface area (TPSA) is 94.0 Å². The lowest BCUT2D eigenvalue weighted by molar-refractivity contribution is -0.121. The molecule has 0 fully saturated rings. The quantitative estimate of drug-likeness (QED) is 0.480. The van der Waals surface area contributed by atoms with E-state index < -0.39 is 6.04 Å². The Bertz CT molecular complexity index is 773. The average Bonchev–Trinajstić information content (AvgIpc) is 2.62. The van der Waals surface area contributed by atoms with Crippen molar-refractivity contribution in [2.24, 2.45) is 5.10 Å². The summed E-state index contributed by atoms with van der Waals surface area (Å²) in [6.07, 6.45) is 0.512. The zero-order valence-electron chi connectivity index (χ0n) is 14.6. The Balaban J connectivity index is 2.10. The first-order valence-electron chi connectivity index (χ1n) is 8.14. The molecule has 1 amide bonds. The van der Waals surface area contributed by atoms with Crippen molar-refractivity contribution < 1.29 is 15.0 Å². The van der Waals surface area contributed by atoms with E-state index in [1.165, 1.54) is 6.07 Å². The van der Waals surface area contributed by atoms with Crippen LogP contribution in [0.4, 0.5) is 5.69 Å². The smallest absolute Gasteiger partial charge is 0.262 e. The maximum Gasteiger partial charge on any atom is 0.262 e. The minimum absolute atomic E-state index is 0.0152. The molecule has 4 N–H and O–H groups in total. The highest BCUT2D eigenvalue weighted by Gasteiger charge is 2.15. The molecule has 0 saturated heterocycles. The number of benzene rings is 2. The summed E-state index contributed by atoms with van der Waals surface area (Å²) in [5, 5.41) is 27.0. The second kappa shape index (κ2) is 8.19. The van der Waals surface area contributed by atoms with Crippen molar-refractivity contribution in [3.05, 3.63) is 53.6 Å². The maximum absolute atomic E-state index is 12.2.